The van der Waals surface area contributed by atoms with Crippen molar-refractivity contribution < 1.29 is 4.79 Å². The molecule has 0 rings (SSSR count). The lowest BCUT2D eigenvalue weighted by molar-refractivity contribution is -0.121. The van der Waals surface area contributed by atoms with Gasteiger partial charge in [-0.3, -0.25) is 4.79 Å². The van der Waals surface area contributed by atoms with Gasteiger partial charge in [-0.2, -0.15) is 11.8 Å². The van der Waals surface area contributed by atoms with E-state index < -0.39 is 0 Å². The fraction of sp³-hybridized carbons (Fsp3) is 0.889. The largest absolute Gasteiger partial charge is 0.356 e. The summed E-state index contributed by atoms with van der Waals surface area (Å²) in [4.78, 5) is 11.1. The zero-order valence-electron chi connectivity index (χ0n) is 8.31. The molecule has 0 fully saturated rings. The second-order valence-electron chi connectivity index (χ2n) is 3.16. The molecule has 0 radical (unpaired) electrons. The highest BCUT2D eigenvalue weighted by atomic mass is 35.5. The first-order valence-electron chi connectivity index (χ1n) is 4.52. The highest BCUT2D eigenvalue weighted by molar-refractivity contribution is 7.98. The highest BCUT2D eigenvalue weighted by Gasteiger charge is 2.04. The molecule has 0 spiro atoms. The molecule has 13 heavy (non-hydrogen) atoms. The smallest absolute Gasteiger partial charge is 0.220 e. The number of carbonyl (C=O) groups is 1. The van der Waals surface area contributed by atoms with Gasteiger partial charge in [-0.25, -0.2) is 0 Å². The number of alkyl halides is 1. The molecule has 78 valence electrons. The predicted octanol–water partition coefficient (Wildman–Crippen LogP) is 2.12. The van der Waals surface area contributed by atoms with Crippen molar-refractivity contribution in [2.45, 2.75) is 19.8 Å². The molecule has 0 aromatic heterocycles. The Balaban J connectivity index is 3.34. The van der Waals surface area contributed by atoms with Crippen molar-refractivity contribution in [1.29, 1.82) is 0 Å². The number of rotatable bonds is 7. The Bertz CT molecular complexity index is 144. The number of carbonyl (C=O) groups excluding carboxylic acids is 1. The van der Waals surface area contributed by atoms with Crippen LogP contribution in [0.5, 0.6) is 0 Å². The van der Waals surface area contributed by atoms with E-state index in [0.29, 0.717) is 18.2 Å². The van der Waals surface area contributed by atoms with Gasteiger partial charge in [0.2, 0.25) is 5.91 Å². The molecule has 0 aliphatic rings. The third kappa shape index (κ3) is 8.44. The molecule has 0 aliphatic heterocycles. The second-order valence-corrected chi connectivity index (χ2v) is 4.45. The minimum absolute atomic E-state index is 0.119. The first kappa shape index (κ1) is 13.1. The lowest BCUT2D eigenvalue weighted by Crippen LogP contribution is -2.28. The van der Waals surface area contributed by atoms with Crippen LogP contribution < -0.4 is 5.32 Å². The predicted molar refractivity (Wildman–Crippen MR) is 60.5 cm³/mol. The summed E-state index contributed by atoms with van der Waals surface area (Å²) in [6.07, 6.45) is 3.39. The summed E-state index contributed by atoms with van der Waals surface area (Å²) in [6, 6.07) is 0. The summed E-state index contributed by atoms with van der Waals surface area (Å²) in [6.45, 7) is 2.92. The van der Waals surface area contributed by atoms with Gasteiger partial charge in [0, 0.05) is 18.8 Å². The molecule has 1 unspecified atom stereocenters. The second kappa shape index (κ2) is 8.70. The first-order chi connectivity index (χ1) is 6.20. The van der Waals surface area contributed by atoms with Crippen molar-refractivity contribution in [3.63, 3.8) is 0 Å². The van der Waals surface area contributed by atoms with Gasteiger partial charge < -0.3 is 5.32 Å². The Hall–Kier alpha value is 0.110. The summed E-state index contributed by atoms with van der Waals surface area (Å²) < 4.78 is 0. The van der Waals surface area contributed by atoms with Crippen LogP contribution in [0.15, 0.2) is 0 Å². The highest BCUT2D eigenvalue weighted by Crippen LogP contribution is 2.02. The molecule has 0 aromatic rings. The van der Waals surface area contributed by atoms with E-state index in [-0.39, 0.29) is 5.91 Å². The van der Waals surface area contributed by atoms with E-state index >= 15 is 0 Å². The van der Waals surface area contributed by atoms with Crippen molar-refractivity contribution in [1.82, 2.24) is 5.32 Å². The standard InChI is InChI=1S/C9H18ClNOS/c1-8(7-13-2)6-11-9(12)4-3-5-10/h8H,3-7H2,1-2H3,(H,11,12). The van der Waals surface area contributed by atoms with Gasteiger partial charge in [-0.15, -0.1) is 11.6 Å². The summed E-state index contributed by atoms with van der Waals surface area (Å²) in [5, 5.41) is 2.89. The minimum atomic E-state index is 0.119. The molecule has 2 nitrogen and oxygen atoms in total. The van der Waals surface area contributed by atoms with E-state index in [2.05, 4.69) is 18.5 Å². The average Bonchev–Trinajstić information content (AvgIpc) is 2.12. The molecule has 1 amide bonds. The maximum absolute atomic E-state index is 11.1. The van der Waals surface area contributed by atoms with Gasteiger partial charge in [-0.1, -0.05) is 6.92 Å². The molecule has 4 heteroatoms. The lowest BCUT2D eigenvalue weighted by atomic mass is 10.2. The van der Waals surface area contributed by atoms with E-state index in [1.807, 2.05) is 0 Å². The van der Waals surface area contributed by atoms with Crippen LogP contribution in [0.4, 0.5) is 0 Å². The topological polar surface area (TPSA) is 29.1 Å². The van der Waals surface area contributed by atoms with Crippen LogP contribution in [0.2, 0.25) is 0 Å². The van der Waals surface area contributed by atoms with Crippen molar-refractivity contribution in [3.8, 4) is 0 Å². The molecular formula is C9H18ClNOS. The van der Waals surface area contributed by atoms with Crippen molar-refractivity contribution >= 4 is 29.3 Å². The summed E-state index contributed by atoms with van der Waals surface area (Å²) >= 11 is 7.28. The Morgan fingerprint density at radius 3 is 2.85 bits per heavy atom. The number of hydrogen-bond acceptors (Lipinski definition) is 2. The number of halogens is 1. The van der Waals surface area contributed by atoms with E-state index in [0.717, 1.165) is 18.7 Å². The molecule has 0 saturated carbocycles. The van der Waals surface area contributed by atoms with Gasteiger partial charge in [-0.05, 0) is 24.3 Å². The molecule has 0 aliphatic carbocycles. The molecule has 1 N–H and O–H groups in total. The van der Waals surface area contributed by atoms with E-state index in [9.17, 15) is 4.79 Å². The Morgan fingerprint density at radius 1 is 1.62 bits per heavy atom. The van der Waals surface area contributed by atoms with E-state index in [1.54, 1.807) is 11.8 Å². The maximum Gasteiger partial charge on any atom is 0.220 e. The molecule has 0 bridgehead atoms. The Morgan fingerprint density at radius 2 is 2.31 bits per heavy atom. The summed E-state index contributed by atoms with van der Waals surface area (Å²) in [5.74, 6) is 2.33. The zero-order chi connectivity index (χ0) is 10.1. The van der Waals surface area contributed by atoms with Gasteiger partial charge in [0.15, 0.2) is 0 Å². The SMILES string of the molecule is CSCC(C)CNC(=O)CCCCl. The van der Waals surface area contributed by atoms with Crippen LogP contribution in [0.25, 0.3) is 0 Å². The monoisotopic (exact) mass is 223 g/mol. The number of thioether (sulfide) groups is 1. The lowest BCUT2D eigenvalue weighted by Gasteiger charge is -2.10. The van der Waals surface area contributed by atoms with Gasteiger partial charge in [0.1, 0.15) is 0 Å². The normalized spacial score (nSPS) is 12.5. The Kier molecular flexibility index (Phi) is 8.77. The van der Waals surface area contributed by atoms with Crippen molar-refractivity contribution in [2.75, 3.05) is 24.4 Å². The fourth-order valence-electron chi connectivity index (χ4n) is 0.947. The van der Waals surface area contributed by atoms with Crippen LogP contribution in [0.3, 0.4) is 0 Å². The maximum atomic E-state index is 11.1. The molecular weight excluding hydrogens is 206 g/mol. The number of hydrogen-bond donors (Lipinski definition) is 1. The summed E-state index contributed by atoms with van der Waals surface area (Å²) in [5.41, 5.74) is 0. The zero-order valence-corrected chi connectivity index (χ0v) is 9.88. The van der Waals surface area contributed by atoms with Crippen molar-refractivity contribution in [2.24, 2.45) is 5.92 Å². The average molecular weight is 224 g/mol. The third-order valence-electron chi connectivity index (χ3n) is 1.64. The number of nitrogens with one attached hydrogen (secondary N) is 1. The Labute approximate surface area is 89.8 Å². The van der Waals surface area contributed by atoms with Crippen LogP contribution in [-0.4, -0.2) is 30.3 Å². The molecule has 0 heterocycles. The van der Waals surface area contributed by atoms with Crippen LogP contribution in [0, 0.1) is 5.92 Å². The van der Waals surface area contributed by atoms with Crippen molar-refractivity contribution in [3.05, 3.63) is 0 Å². The molecule has 0 aromatic carbocycles. The third-order valence-corrected chi connectivity index (χ3v) is 2.81. The van der Waals surface area contributed by atoms with E-state index in [4.69, 9.17) is 11.6 Å². The number of amides is 1. The van der Waals surface area contributed by atoms with Gasteiger partial charge in [0.05, 0.1) is 0 Å². The van der Waals surface area contributed by atoms with Crippen LogP contribution >= 0.6 is 23.4 Å². The fourth-order valence-corrected chi connectivity index (χ4v) is 1.77. The molecule has 0 saturated heterocycles. The first-order valence-corrected chi connectivity index (χ1v) is 6.45. The van der Waals surface area contributed by atoms with Gasteiger partial charge >= 0.3 is 0 Å². The summed E-state index contributed by atoms with van der Waals surface area (Å²) in [7, 11) is 0. The quantitative estimate of drug-likeness (QED) is 0.670. The van der Waals surface area contributed by atoms with Crippen LogP contribution in [-0.2, 0) is 4.79 Å². The molecule has 1 atom stereocenters. The van der Waals surface area contributed by atoms with E-state index in [1.165, 1.54) is 0 Å². The van der Waals surface area contributed by atoms with Crippen LogP contribution in [0.1, 0.15) is 19.8 Å². The minimum Gasteiger partial charge on any atom is -0.356 e. The van der Waals surface area contributed by atoms with Gasteiger partial charge in [0.25, 0.3) is 0 Å².